The molecule has 3 rings (SSSR count). The first-order valence-corrected chi connectivity index (χ1v) is 7.56. The van der Waals surface area contributed by atoms with Crippen LogP contribution in [0.25, 0.3) is 0 Å². The number of likely N-dealkylation sites (tertiary alicyclic amines) is 2. The van der Waals surface area contributed by atoms with E-state index in [4.69, 9.17) is 0 Å². The van der Waals surface area contributed by atoms with Crippen molar-refractivity contribution in [3.05, 3.63) is 0 Å². The summed E-state index contributed by atoms with van der Waals surface area (Å²) in [6.07, 6.45) is 4.97. The number of fused-ring (bicyclic) bond motifs is 1. The molecule has 2 unspecified atom stereocenters. The van der Waals surface area contributed by atoms with E-state index in [1.807, 2.05) is 4.90 Å². The Morgan fingerprint density at radius 1 is 1.05 bits per heavy atom. The molecule has 2 amide bonds. The summed E-state index contributed by atoms with van der Waals surface area (Å²) >= 11 is 0. The van der Waals surface area contributed by atoms with Crippen molar-refractivity contribution < 1.29 is 19.8 Å². The molecular weight excluding hydrogens is 260 g/mol. The topological polar surface area (TPSA) is 81.1 Å². The smallest absolute Gasteiger partial charge is 0.326 e. The zero-order valence-electron chi connectivity index (χ0n) is 11.6. The average Bonchev–Trinajstić information content (AvgIpc) is 3.03. The van der Waals surface area contributed by atoms with Crippen LogP contribution < -0.4 is 0 Å². The van der Waals surface area contributed by atoms with Crippen LogP contribution in [0.4, 0.5) is 4.79 Å². The van der Waals surface area contributed by atoms with Crippen LogP contribution in [0.2, 0.25) is 0 Å². The van der Waals surface area contributed by atoms with E-state index in [1.165, 1.54) is 17.7 Å². The minimum atomic E-state index is -1.02. The maximum atomic E-state index is 12.7. The normalized spacial score (nSPS) is 37.0. The summed E-state index contributed by atoms with van der Waals surface area (Å²) in [5, 5.41) is 18.9. The Morgan fingerprint density at radius 2 is 1.80 bits per heavy atom. The first-order chi connectivity index (χ1) is 9.58. The quantitative estimate of drug-likeness (QED) is 0.748. The van der Waals surface area contributed by atoms with Crippen molar-refractivity contribution in [1.82, 2.24) is 9.80 Å². The van der Waals surface area contributed by atoms with Gasteiger partial charge < -0.3 is 20.0 Å². The van der Waals surface area contributed by atoms with Crippen molar-refractivity contribution in [3.63, 3.8) is 0 Å². The van der Waals surface area contributed by atoms with Crippen LogP contribution in [0.1, 0.15) is 38.5 Å². The average molecular weight is 282 g/mol. The fourth-order valence-electron chi connectivity index (χ4n) is 4.12. The summed E-state index contributed by atoms with van der Waals surface area (Å²) in [6, 6.07) is -0.784. The van der Waals surface area contributed by atoms with Crippen LogP contribution in [0.15, 0.2) is 0 Å². The summed E-state index contributed by atoms with van der Waals surface area (Å²) < 4.78 is 0. The molecule has 20 heavy (non-hydrogen) atoms. The number of rotatable bonds is 1. The Bertz CT molecular complexity index is 414. The molecule has 0 radical (unpaired) electrons. The number of hydrogen-bond donors (Lipinski definition) is 2. The number of hydrogen-bond acceptors (Lipinski definition) is 3. The molecule has 2 aliphatic heterocycles. The molecule has 0 aromatic heterocycles. The fourth-order valence-corrected chi connectivity index (χ4v) is 4.12. The Morgan fingerprint density at radius 3 is 2.55 bits per heavy atom. The molecule has 1 aliphatic carbocycles. The zero-order chi connectivity index (χ0) is 14.3. The van der Waals surface area contributed by atoms with Crippen LogP contribution in [0.5, 0.6) is 0 Å². The lowest BCUT2D eigenvalue weighted by atomic mass is 9.92. The number of carbonyl (C=O) groups is 2. The van der Waals surface area contributed by atoms with Crippen LogP contribution >= 0.6 is 0 Å². The van der Waals surface area contributed by atoms with Gasteiger partial charge in [-0.05, 0) is 31.6 Å². The zero-order valence-corrected chi connectivity index (χ0v) is 11.6. The van der Waals surface area contributed by atoms with Crippen LogP contribution in [-0.2, 0) is 4.79 Å². The van der Waals surface area contributed by atoms with Crippen molar-refractivity contribution in [2.24, 2.45) is 5.92 Å². The van der Waals surface area contributed by atoms with Gasteiger partial charge in [0.25, 0.3) is 0 Å². The number of piperidine rings is 1. The van der Waals surface area contributed by atoms with Crippen molar-refractivity contribution in [2.45, 2.75) is 56.7 Å². The van der Waals surface area contributed by atoms with E-state index in [0.717, 1.165) is 25.8 Å². The number of urea groups is 1. The third-order valence-electron chi connectivity index (χ3n) is 5.05. The van der Waals surface area contributed by atoms with Gasteiger partial charge >= 0.3 is 12.0 Å². The molecule has 2 heterocycles. The van der Waals surface area contributed by atoms with Gasteiger partial charge in [-0.3, -0.25) is 0 Å². The number of aliphatic hydroxyl groups is 1. The predicted molar refractivity (Wildman–Crippen MR) is 71.2 cm³/mol. The summed E-state index contributed by atoms with van der Waals surface area (Å²) in [5.41, 5.74) is 0. The van der Waals surface area contributed by atoms with Crippen molar-refractivity contribution >= 4 is 12.0 Å². The van der Waals surface area contributed by atoms with E-state index in [0.29, 0.717) is 5.92 Å². The Balaban J connectivity index is 1.75. The van der Waals surface area contributed by atoms with E-state index >= 15 is 0 Å². The van der Waals surface area contributed by atoms with E-state index in [2.05, 4.69) is 0 Å². The Hall–Kier alpha value is -1.30. The Kier molecular flexibility index (Phi) is 3.58. The molecule has 2 N–H and O–H groups in total. The predicted octanol–water partition coefficient (Wildman–Crippen LogP) is 0.891. The summed E-state index contributed by atoms with van der Waals surface area (Å²) in [5.74, 6) is -0.432. The molecule has 6 heteroatoms. The van der Waals surface area contributed by atoms with Crippen molar-refractivity contribution in [1.29, 1.82) is 0 Å². The number of β-amino-alcohol motifs (C(OH)–C–C–N with tert-alkyl or cyclic N) is 1. The lowest BCUT2D eigenvalue weighted by Crippen LogP contribution is -2.54. The van der Waals surface area contributed by atoms with Gasteiger partial charge in [0.15, 0.2) is 0 Å². The number of carboxylic acids is 1. The molecule has 0 bridgehead atoms. The van der Waals surface area contributed by atoms with Gasteiger partial charge in [-0.1, -0.05) is 6.42 Å². The number of amides is 2. The number of aliphatic hydroxyl groups excluding tert-OH is 1. The SMILES string of the molecule is O=C(O)[C@@H]1C[C@H](O)CN1C(=O)N1CCCC2CCCC21. The molecule has 0 aromatic rings. The van der Waals surface area contributed by atoms with Crippen LogP contribution in [0.3, 0.4) is 0 Å². The third kappa shape index (κ3) is 2.26. The lowest BCUT2D eigenvalue weighted by Gasteiger charge is -2.40. The second-order valence-electron chi connectivity index (χ2n) is 6.27. The minimum absolute atomic E-state index is 0.142. The molecular formula is C14H22N2O4. The standard InChI is InChI=1S/C14H22N2O4/c17-10-7-12(13(18)19)16(8-10)14(20)15-6-2-4-9-3-1-5-11(9)15/h9-12,17H,1-8H2,(H,18,19)/t9?,10-,11?,12-/m0/s1. The van der Waals surface area contributed by atoms with Gasteiger partial charge in [-0.15, -0.1) is 0 Å². The molecule has 4 atom stereocenters. The molecule has 1 saturated carbocycles. The molecule has 112 valence electrons. The number of aliphatic carboxylic acids is 1. The van der Waals surface area contributed by atoms with Gasteiger partial charge in [-0.25, -0.2) is 9.59 Å². The van der Waals surface area contributed by atoms with E-state index in [9.17, 15) is 19.8 Å². The summed E-state index contributed by atoms with van der Waals surface area (Å²) in [7, 11) is 0. The number of carboxylic acid groups (broad SMARTS) is 1. The Labute approximate surface area is 118 Å². The van der Waals surface area contributed by atoms with Gasteiger partial charge in [0.1, 0.15) is 6.04 Å². The minimum Gasteiger partial charge on any atom is -0.480 e. The highest BCUT2D eigenvalue weighted by atomic mass is 16.4. The van der Waals surface area contributed by atoms with E-state index < -0.39 is 18.1 Å². The monoisotopic (exact) mass is 282 g/mol. The maximum Gasteiger partial charge on any atom is 0.326 e. The highest BCUT2D eigenvalue weighted by Gasteiger charge is 2.44. The largest absolute Gasteiger partial charge is 0.480 e. The molecule has 0 spiro atoms. The molecule has 0 aromatic carbocycles. The molecule has 3 aliphatic rings. The highest BCUT2D eigenvalue weighted by molar-refractivity contribution is 5.83. The van der Waals surface area contributed by atoms with Crippen LogP contribution in [-0.4, -0.2) is 63.3 Å². The number of carbonyl (C=O) groups excluding carboxylic acids is 1. The maximum absolute atomic E-state index is 12.7. The molecule has 6 nitrogen and oxygen atoms in total. The van der Waals surface area contributed by atoms with Gasteiger partial charge in [0.05, 0.1) is 6.10 Å². The van der Waals surface area contributed by atoms with E-state index in [1.54, 1.807) is 0 Å². The second kappa shape index (κ2) is 5.24. The summed E-state index contributed by atoms with van der Waals surface area (Å²) in [4.78, 5) is 27.2. The van der Waals surface area contributed by atoms with Gasteiger partial charge in [0.2, 0.25) is 0 Å². The highest BCUT2D eigenvalue weighted by Crippen LogP contribution is 2.37. The van der Waals surface area contributed by atoms with Crippen molar-refractivity contribution in [2.75, 3.05) is 13.1 Å². The summed E-state index contributed by atoms with van der Waals surface area (Å²) in [6.45, 7) is 0.864. The number of nitrogens with zero attached hydrogens (tertiary/aromatic N) is 2. The lowest BCUT2D eigenvalue weighted by molar-refractivity contribution is -0.141. The second-order valence-corrected chi connectivity index (χ2v) is 6.27. The fraction of sp³-hybridized carbons (Fsp3) is 0.857. The van der Waals surface area contributed by atoms with Gasteiger partial charge in [-0.2, -0.15) is 0 Å². The van der Waals surface area contributed by atoms with Gasteiger partial charge in [0, 0.05) is 25.6 Å². The molecule has 2 saturated heterocycles. The third-order valence-corrected chi connectivity index (χ3v) is 5.05. The molecule has 3 fully saturated rings. The van der Waals surface area contributed by atoms with E-state index in [-0.39, 0.29) is 25.0 Å². The first-order valence-electron chi connectivity index (χ1n) is 7.56. The van der Waals surface area contributed by atoms with Crippen molar-refractivity contribution in [3.8, 4) is 0 Å². The first kappa shape index (κ1) is 13.7. The van der Waals surface area contributed by atoms with Crippen LogP contribution in [0, 0.1) is 5.92 Å².